The highest BCUT2D eigenvalue weighted by molar-refractivity contribution is 5.86. The van der Waals surface area contributed by atoms with E-state index in [0.29, 0.717) is 19.6 Å². The fraction of sp³-hybridized carbons (Fsp3) is 0.692. The van der Waals surface area contributed by atoms with E-state index in [4.69, 9.17) is 0 Å². The van der Waals surface area contributed by atoms with Crippen LogP contribution in [0, 0.1) is 11.3 Å². The highest BCUT2D eigenvalue weighted by atomic mass is 16.3. The first-order valence-electron chi connectivity index (χ1n) is 6.13. The van der Waals surface area contributed by atoms with Crippen LogP contribution in [0.3, 0.4) is 0 Å². The lowest BCUT2D eigenvalue weighted by molar-refractivity contribution is -0.152. The minimum absolute atomic E-state index is 0.200. The summed E-state index contributed by atoms with van der Waals surface area (Å²) in [5, 5.41) is 12.6. The Bertz CT molecular complexity index is 341. The molecule has 1 atom stereocenters. The number of carbonyl (C=O) groups is 2. The molecule has 0 unspecified atom stereocenters. The van der Waals surface area contributed by atoms with E-state index >= 15 is 0 Å². The number of likely N-dealkylation sites (tertiary alicyclic amines) is 1. The van der Waals surface area contributed by atoms with Crippen molar-refractivity contribution in [2.45, 2.75) is 26.9 Å². The van der Waals surface area contributed by atoms with Gasteiger partial charge in [0.2, 0.25) is 5.91 Å². The quantitative estimate of drug-likeness (QED) is 0.702. The third-order valence-electron chi connectivity index (χ3n) is 3.07. The zero-order chi connectivity index (χ0) is 13.9. The van der Waals surface area contributed by atoms with E-state index in [0.717, 1.165) is 0 Å². The molecule has 18 heavy (non-hydrogen) atoms. The Balaban J connectivity index is 2.32. The molecule has 1 heterocycles. The second kappa shape index (κ2) is 5.52. The first-order valence-corrected chi connectivity index (χ1v) is 6.13. The topological polar surface area (TPSA) is 69.6 Å². The summed E-state index contributed by atoms with van der Waals surface area (Å²) in [5.74, 6) is -0.159. The molecule has 0 spiro atoms. The summed E-state index contributed by atoms with van der Waals surface area (Å²) in [6, 6.07) is 0. The van der Waals surface area contributed by atoms with Gasteiger partial charge in [-0.2, -0.15) is 0 Å². The molecule has 1 saturated heterocycles. The Morgan fingerprint density at radius 2 is 2.06 bits per heavy atom. The maximum atomic E-state index is 11.9. The zero-order valence-electron chi connectivity index (χ0n) is 11.3. The number of hydrogen-bond acceptors (Lipinski definition) is 3. The molecule has 5 nitrogen and oxygen atoms in total. The van der Waals surface area contributed by atoms with Crippen LogP contribution in [-0.4, -0.2) is 47.6 Å². The highest BCUT2D eigenvalue weighted by Gasteiger charge is 2.38. The second-order valence-electron chi connectivity index (χ2n) is 5.83. The number of aliphatic hydroxyl groups is 1. The highest BCUT2D eigenvalue weighted by Crippen LogP contribution is 2.24. The Morgan fingerprint density at radius 3 is 2.50 bits per heavy atom. The Hall–Kier alpha value is -1.36. The average molecular weight is 254 g/mol. The van der Waals surface area contributed by atoms with Gasteiger partial charge in [-0.25, -0.2) is 0 Å². The lowest BCUT2D eigenvalue weighted by Gasteiger charge is -2.42. The van der Waals surface area contributed by atoms with E-state index in [9.17, 15) is 14.7 Å². The SMILES string of the molecule is C=CC(=O)NCC1CN(C(=O)[C@H](O)C(C)(C)C)C1. The predicted octanol–water partition coefficient (Wildman–Crippen LogP) is 0.154. The van der Waals surface area contributed by atoms with Gasteiger partial charge < -0.3 is 15.3 Å². The molecule has 0 aromatic heterocycles. The van der Waals surface area contributed by atoms with Crippen LogP contribution in [-0.2, 0) is 9.59 Å². The molecule has 0 aliphatic carbocycles. The number of nitrogens with one attached hydrogen (secondary N) is 1. The summed E-state index contributed by atoms with van der Waals surface area (Å²) in [4.78, 5) is 24.5. The number of hydrogen-bond donors (Lipinski definition) is 2. The van der Waals surface area contributed by atoms with Gasteiger partial charge in [-0.15, -0.1) is 0 Å². The van der Waals surface area contributed by atoms with Crippen molar-refractivity contribution in [3.05, 3.63) is 12.7 Å². The molecule has 1 rings (SSSR count). The minimum atomic E-state index is -0.971. The van der Waals surface area contributed by atoms with E-state index in [1.807, 2.05) is 20.8 Å². The maximum absolute atomic E-state index is 11.9. The van der Waals surface area contributed by atoms with Crippen LogP contribution in [0.2, 0.25) is 0 Å². The van der Waals surface area contributed by atoms with Crippen molar-refractivity contribution in [3.8, 4) is 0 Å². The van der Waals surface area contributed by atoms with Gasteiger partial charge in [0.1, 0.15) is 6.10 Å². The van der Waals surface area contributed by atoms with Crippen LogP contribution < -0.4 is 5.32 Å². The number of nitrogens with zero attached hydrogens (tertiary/aromatic N) is 1. The van der Waals surface area contributed by atoms with E-state index in [1.54, 1.807) is 4.90 Å². The molecular weight excluding hydrogens is 232 g/mol. The van der Waals surface area contributed by atoms with Crippen LogP contribution in [0.15, 0.2) is 12.7 Å². The lowest BCUT2D eigenvalue weighted by Crippen LogP contribution is -2.58. The number of amides is 2. The molecule has 0 bridgehead atoms. The lowest BCUT2D eigenvalue weighted by atomic mass is 9.87. The van der Waals surface area contributed by atoms with Crippen molar-refractivity contribution in [1.82, 2.24) is 10.2 Å². The number of rotatable bonds is 4. The third-order valence-corrected chi connectivity index (χ3v) is 3.07. The number of aliphatic hydroxyl groups excluding tert-OH is 1. The fourth-order valence-electron chi connectivity index (χ4n) is 1.74. The summed E-state index contributed by atoms with van der Waals surface area (Å²) in [5.41, 5.74) is -0.445. The normalized spacial score (nSPS) is 17.9. The van der Waals surface area contributed by atoms with Gasteiger partial charge in [-0.3, -0.25) is 9.59 Å². The van der Waals surface area contributed by atoms with Gasteiger partial charge in [0, 0.05) is 25.6 Å². The van der Waals surface area contributed by atoms with E-state index in [1.165, 1.54) is 6.08 Å². The van der Waals surface area contributed by atoms with Gasteiger partial charge in [0.05, 0.1) is 0 Å². The Labute approximate surface area is 108 Å². The van der Waals surface area contributed by atoms with Crippen molar-refractivity contribution in [2.24, 2.45) is 11.3 Å². The maximum Gasteiger partial charge on any atom is 0.251 e. The molecule has 2 amide bonds. The first kappa shape index (κ1) is 14.7. The van der Waals surface area contributed by atoms with Crippen molar-refractivity contribution in [2.75, 3.05) is 19.6 Å². The van der Waals surface area contributed by atoms with E-state index in [2.05, 4.69) is 11.9 Å². The predicted molar refractivity (Wildman–Crippen MR) is 68.7 cm³/mol. The monoisotopic (exact) mass is 254 g/mol. The molecular formula is C13H22N2O3. The van der Waals surface area contributed by atoms with Crippen molar-refractivity contribution < 1.29 is 14.7 Å². The van der Waals surface area contributed by atoms with Gasteiger partial charge in [-0.1, -0.05) is 27.4 Å². The summed E-state index contributed by atoms with van der Waals surface area (Å²) in [6.07, 6.45) is 0.256. The van der Waals surface area contributed by atoms with Crippen LogP contribution >= 0.6 is 0 Å². The van der Waals surface area contributed by atoms with Crippen molar-refractivity contribution >= 4 is 11.8 Å². The zero-order valence-corrected chi connectivity index (χ0v) is 11.3. The standard InChI is InChI=1S/C13H22N2O3/c1-5-10(16)14-6-9-7-15(8-9)12(18)11(17)13(2,3)4/h5,9,11,17H,1,6-8H2,2-4H3,(H,14,16)/t11-/m0/s1. The second-order valence-corrected chi connectivity index (χ2v) is 5.83. The van der Waals surface area contributed by atoms with Crippen molar-refractivity contribution in [1.29, 1.82) is 0 Å². The van der Waals surface area contributed by atoms with Gasteiger partial charge >= 0.3 is 0 Å². The summed E-state index contributed by atoms with van der Waals surface area (Å²) in [6.45, 7) is 10.6. The third kappa shape index (κ3) is 3.57. The summed E-state index contributed by atoms with van der Waals surface area (Å²) in [7, 11) is 0. The molecule has 102 valence electrons. The van der Waals surface area contributed by atoms with Crippen LogP contribution in [0.4, 0.5) is 0 Å². The first-order chi connectivity index (χ1) is 8.25. The Morgan fingerprint density at radius 1 is 1.50 bits per heavy atom. The smallest absolute Gasteiger partial charge is 0.251 e. The minimum Gasteiger partial charge on any atom is -0.383 e. The summed E-state index contributed by atoms with van der Waals surface area (Å²) < 4.78 is 0. The molecule has 1 aliphatic rings. The van der Waals surface area contributed by atoms with Crippen LogP contribution in [0.5, 0.6) is 0 Å². The molecule has 5 heteroatoms. The fourth-order valence-corrected chi connectivity index (χ4v) is 1.74. The van der Waals surface area contributed by atoms with Gasteiger partial charge in [-0.05, 0) is 11.5 Å². The molecule has 2 N–H and O–H groups in total. The molecule has 0 saturated carbocycles. The van der Waals surface area contributed by atoms with Crippen LogP contribution in [0.25, 0.3) is 0 Å². The Kier molecular flexibility index (Phi) is 4.51. The molecule has 0 aromatic carbocycles. The molecule has 1 aliphatic heterocycles. The van der Waals surface area contributed by atoms with E-state index < -0.39 is 11.5 Å². The van der Waals surface area contributed by atoms with Crippen molar-refractivity contribution in [3.63, 3.8) is 0 Å². The number of carbonyl (C=O) groups excluding carboxylic acids is 2. The molecule has 0 radical (unpaired) electrons. The van der Waals surface area contributed by atoms with E-state index in [-0.39, 0.29) is 17.7 Å². The molecule has 1 fully saturated rings. The van der Waals surface area contributed by atoms with Gasteiger partial charge in [0.25, 0.3) is 5.91 Å². The van der Waals surface area contributed by atoms with Gasteiger partial charge in [0.15, 0.2) is 0 Å². The summed E-state index contributed by atoms with van der Waals surface area (Å²) >= 11 is 0. The van der Waals surface area contributed by atoms with Crippen LogP contribution in [0.1, 0.15) is 20.8 Å². The largest absolute Gasteiger partial charge is 0.383 e. The average Bonchev–Trinajstić information content (AvgIpc) is 2.23. The molecule has 0 aromatic rings.